The van der Waals surface area contributed by atoms with Gasteiger partial charge in [-0.2, -0.15) is 4.31 Å². The van der Waals surface area contributed by atoms with Crippen LogP contribution in [-0.2, 0) is 10.0 Å². The van der Waals surface area contributed by atoms with Crippen LogP contribution in [0.2, 0.25) is 4.34 Å². The SMILES string of the molecule is C[C@@H]1C[C@@H](C)CN(S(=O)(=O)c2ccc(C(=O)Nc3nc(-c4ccc(Cl)s4)cs3)cc2)C1. The topological polar surface area (TPSA) is 79.4 Å². The number of nitrogens with one attached hydrogen (secondary N) is 1. The van der Waals surface area contributed by atoms with Crippen molar-refractivity contribution in [2.75, 3.05) is 18.4 Å². The Morgan fingerprint density at radius 3 is 2.42 bits per heavy atom. The number of hydrogen-bond acceptors (Lipinski definition) is 6. The van der Waals surface area contributed by atoms with Gasteiger partial charge < -0.3 is 0 Å². The molecular weight excluding hydrogens is 474 g/mol. The number of sulfonamides is 1. The maximum Gasteiger partial charge on any atom is 0.257 e. The number of benzene rings is 1. The van der Waals surface area contributed by atoms with E-state index >= 15 is 0 Å². The molecule has 1 fully saturated rings. The van der Waals surface area contributed by atoms with E-state index in [4.69, 9.17) is 11.6 Å². The molecule has 6 nitrogen and oxygen atoms in total. The number of halogens is 1. The number of nitrogens with zero attached hydrogens (tertiary/aromatic N) is 2. The van der Waals surface area contributed by atoms with Gasteiger partial charge in [-0.25, -0.2) is 13.4 Å². The Labute approximate surface area is 194 Å². The van der Waals surface area contributed by atoms with Gasteiger partial charge in [0.25, 0.3) is 5.91 Å². The van der Waals surface area contributed by atoms with Crippen LogP contribution in [0.15, 0.2) is 46.7 Å². The highest BCUT2D eigenvalue weighted by molar-refractivity contribution is 7.89. The molecule has 2 atom stereocenters. The first-order valence-electron chi connectivity index (χ1n) is 9.85. The van der Waals surface area contributed by atoms with E-state index < -0.39 is 10.0 Å². The van der Waals surface area contributed by atoms with E-state index in [1.54, 1.807) is 10.4 Å². The summed E-state index contributed by atoms with van der Waals surface area (Å²) in [6.45, 7) is 5.19. The predicted molar refractivity (Wildman–Crippen MR) is 127 cm³/mol. The molecule has 31 heavy (non-hydrogen) atoms. The molecule has 0 bridgehead atoms. The monoisotopic (exact) mass is 495 g/mol. The summed E-state index contributed by atoms with van der Waals surface area (Å²) in [5.41, 5.74) is 1.12. The first-order chi connectivity index (χ1) is 14.7. The summed E-state index contributed by atoms with van der Waals surface area (Å²) in [6, 6.07) is 9.75. The minimum absolute atomic E-state index is 0.205. The van der Waals surface area contributed by atoms with E-state index in [0.717, 1.165) is 17.0 Å². The van der Waals surface area contributed by atoms with E-state index in [9.17, 15) is 13.2 Å². The molecule has 0 radical (unpaired) electrons. The van der Waals surface area contributed by atoms with Crippen LogP contribution in [0.25, 0.3) is 10.6 Å². The molecule has 1 saturated heterocycles. The number of aromatic nitrogens is 1. The fourth-order valence-corrected chi connectivity index (χ4v) is 7.26. The minimum Gasteiger partial charge on any atom is -0.298 e. The highest BCUT2D eigenvalue weighted by Gasteiger charge is 2.31. The van der Waals surface area contributed by atoms with E-state index in [0.29, 0.717) is 40.0 Å². The highest BCUT2D eigenvalue weighted by Crippen LogP contribution is 2.33. The Morgan fingerprint density at radius 1 is 1.13 bits per heavy atom. The zero-order valence-corrected chi connectivity index (χ0v) is 20.2. The third-order valence-corrected chi connectivity index (χ3v) is 9.00. The first-order valence-corrected chi connectivity index (χ1v) is 13.4. The lowest BCUT2D eigenvalue weighted by Gasteiger charge is -2.34. The zero-order valence-electron chi connectivity index (χ0n) is 17.0. The smallest absolute Gasteiger partial charge is 0.257 e. The number of thiophene rings is 1. The summed E-state index contributed by atoms with van der Waals surface area (Å²) in [6.07, 6.45) is 1.03. The summed E-state index contributed by atoms with van der Waals surface area (Å²) < 4.78 is 28.2. The summed E-state index contributed by atoms with van der Waals surface area (Å²) in [7, 11) is -3.57. The standard InChI is InChI=1S/C21H22ClN3O3S3/c1-13-9-14(2)11-25(10-13)31(27,28)16-5-3-15(4-6-16)20(26)24-21-23-17(12-29-21)18-7-8-19(22)30-18/h3-8,12-14H,9-11H2,1-2H3,(H,23,24,26)/t13-,14-/m1/s1. The van der Waals surface area contributed by atoms with Crippen molar-refractivity contribution >= 4 is 55.3 Å². The zero-order chi connectivity index (χ0) is 22.2. The fourth-order valence-electron chi connectivity index (χ4n) is 3.79. The number of hydrogen-bond donors (Lipinski definition) is 1. The molecule has 2 aromatic heterocycles. The van der Waals surface area contributed by atoms with Crippen LogP contribution in [0.4, 0.5) is 5.13 Å². The van der Waals surface area contributed by atoms with Crippen LogP contribution in [0, 0.1) is 11.8 Å². The number of carbonyl (C=O) groups is 1. The van der Waals surface area contributed by atoms with Crippen molar-refractivity contribution < 1.29 is 13.2 Å². The minimum atomic E-state index is -3.57. The van der Waals surface area contributed by atoms with Crippen molar-refractivity contribution in [1.82, 2.24) is 9.29 Å². The van der Waals surface area contributed by atoms with Gasteiger partial charge >= 0.3 is 0 Å². The largest absolute Gasteiger partial charge is 0.298 e. The van der Waals surface area contributed by atoms with Gasteiger partial charge in [0.15, 0.2) is 5.13 Å². The predicted octanol–water partition coefficient (Wildman–Crippen LogP) is 5.44. The molecule has 0 aliphatic carbocycles. The van der Waals surface area contributed by atoms with Crippen molar-refractivity contribution in [2.45, 2.75) is 25.2 Å². The summed E-state index contributed by atoms with van der Waals surface area (Å²) in [5, 5.41) is 5.09. The van der Waals surface area contributed by atoms with Gasteiger partial charge in [-0.05, 0) is 54.7 Å². The lowest BCUT2D eigenvalue weighted by molar-refractivity contribution is 0.102. The van der Waals surface area contributed by atoms with E-state index in [1.807, 2.05) is 11.4 Å². The number of anilines is 1. The van der Waals surface area contributed by atoms with E-state index in [2.05, 4.69) is 24.1 Å². The summed E-state index contributed by atoms with van der Waals surface area (Å²) in [4.78, 5) is 18.2. The summed E-state index contributed by atoms with van der Waals surface area (Å²) in [5.74, 6) is 0.322. The van der Waals surface area contributed by atoms with Crippen LogP contribution in [0.5, 0.6) is 0 Å². The molecule has 10 heteroatoms. The van der Waals surface area contributed by atoms with Crippen molar-refractivity contribution in [1.29, 1.82) is 0 Å². The van der Waals surface area contributed by atoms with Gasteiger partial charge in [-0.3, -0.25) is 10.1 Å². The van der Waals surface area contributed by atoms with Crippen molar-refractivity contribution in [3.05, 3.63) is 51.7 Å². The van der Waals surface area contributed by atoms with E-state index in [1.165, 1.54) is 46.9 Å². The quantitative estimate of drug-likeness (QED) is 0.510. The van der Waals surface area contributed by atoms with Gasteiger partial charge in [-0.1, -0.05) is 25.4 Å². The second-order valence-corrected chi connectivity index (χ2v) is 12.4. The maximum absolute atomic E-state index is 13.0. The Kier molecular flexibility index (Phi) is 6.50. The number of carbonyl (C=O) groups excluding carboxylic acids is 1. The molecule has 4 rings (SSSR count). The molecule has 1 aliphatic rings. The molecule has 0 saturated carbocycles. The Hall–Kier alpha value is -1.78. The first kappa shape index (κ1) is 22.4. The van der Waals surface area contributed by atoms with Gasteiger partial charge in [0, 0.05) is 24.0 Å². The van der Waals surface area contributed by atoms with Gasteiger partial charge in [-0.15, -0.1) is 22.7 Å². The molecule has 3 heterocycles. The van der Waals surface area contributed by atoms with Crippen LogP contribution < -0.4 is 5.32 Å². The average Bonchev–Trinajstić information content (AvgIpc) is 3.36. The number of piperidine rings is 1. The molecule has 1 aromatic carbocycles. The summed E-state index contributed by atoms with van der Waals surface area (Å²) >= 11 is 8.71. The normalized spacial score (nSPS) is 20.0. The van der Waals surface area contributed by atoms with Gasteiger partial charge in [0.2, 0.25) is 10.0 Å². The van der Waals surface area contributed by atoms with Crippen LogP contribution in [0.3, 0.4) is 0 Å². The molecule has 3 aromatic rings. The second kappa shape index (κ2) is 8.99. The second-order valence-electron chi connectivity index (χ2n) is 7.89. The Balaban J connectivity index is 1.45. The number of amides is 1. The number of rotatable bonds is 5. The maximum atomic E-state index is 13.0. The van der Waals surface area contributed by atoms with Crippen molar-refractivity contribution in [3.63, 3.8) is 0 Å². The molecular formula is C21H22ClN3O3S3. The van der Waals surface area contributed by atoms with Crippen molar-refractivity contribution in [3.8, 4) is 10.6 Å². The van der Waals surface area contributed by atoms with Crippen LogP contribution in [-0.4, -0.2) is 36.7 Å². The van der Waals surface area contributed by atoms with E-state index in [-0.39, 0.29) is 10.8 Å². The average molecular weight is 496 g/mol. The Morgan fingerprint density at radius 2 is 1.81 bits per heavy atom. The molecule has 1 amide bonds. The van der Waals surface area contributed by atoms with Crippen LogP contribution in [0.1, 0.15) is 30.6 Å². The molecule has 1 aliphatic heterocycles. The molecule has 1 N–H and O–H groups in total. The highest BCUT2D eigenvalue weighted by atomic mass is 35.5. The van der Waals surface area contributed by atoms with Gasteiger partial charge in [0.1, 0.15) is 0 Å². The lowest BCUT2D eigenvalue weighted by atomic mass is 9.94. The third kappa shape index (κ3) is 5.01. The third-order valence-electron chi connectivity index (χ3n) is 5.14. The number of thiazole rings is 1. The van der Waals surface area contributed by atoms with Crippen molar-refractivity contribution in [2.24, 2.45) is 11.8 Å². The lowest BCUT2D eigenvalue weighted by Crippen LogP contribution is -2.42. The molecule has 0 unspecified atom stereocenters. The van der Waals surface area contributed by atoms with Gasteiger partial charge in [0.05, 0.1) is 19.8 Å². The van der Waals surface area contributed by atoms with Crippen LogP contribution >= 0.6 is 34.3 Å². The molecule has 164 valence electrons. The molecule has 0 spiro atoms. The fraction of sp³-hybridized carbons (Fsp3) is 0.333. The Bertz CT molecular complexity index is 1180.